The number of carbonyl (C=O) groups excluding carboxylic acids is 1. The van der Waals surface area contributed by atoms with E-state index in [4.69, 9.17) is 0 Å². The van der Waals surface area contributed by atoms with Gasteiger partial charge in [0, 0.05) is 37.6 Å². The number of nitrogens with zero attached hydrogens (tertiary/aromatic N) is 2. The summed E-state index contributed by atoms with van der Waals surface area (Å²) in [6.07, 6.45) is 4.05. The van der Waals surface area contributed by atoms with E-state index < -0.39 is 0 Å². The Hall–Kier alpha value is -2.33. The van der Waals surface area contributed by atoms with Gasteiger partial charge >= 0.3 is 0 Å². The highest BCUT2D eigenvalue weighted by Gasteiger charge is 2.44. The van der Waals surface area contributed by atoms with E-state index in [1.54, 1.807) is 0 Å². The first kappa shape index (κ1) is 20.0. The molecule has 154 valence electrons. The Morgan fingerprint density at radius 3 is 2.41 bits per heavy atom. The molecule has 4 nitrogen and oxygen atoms in total. The van der Waals surface area contributed by atoms with Gasteiger partial charge in [-0.3, -0.25) is 9.69 Å². The van der Waals surface area contributed by atoms with Crippen LogP contribution < -0.4 is 10.2 Å². The fourth-order valence-electron chi connectivity index (χ4n) is 4.90. The Morgan fingerprint density at radius 1 is 0.966 bits per heavy atom. The first-order valence-corrected chi connectivity index (χ1v) is 11.1. The van der Waals surface area contributed by atoms with Gasteiger partial charge in [-0.25, -0.2) is 0 Å². The smallest absolute Gasteiger partial charge is 0.235 e. The predicted molar refractivity (Wildman–Crippen MR) is 121 cm³/mol. The number of benzene rings is 2. The monoisotopic (exact) mass is 390 g/mol. The molecule has 1 N–H and O–H groups in total. The number of amides is 1. The van der Waals surface area contributed by atoms with Gasteiger partial charge in [0.25, 0.3) is 0 Å². The average Bonchev–Trinajstić information content (AvgIpc) is 3.04. The first-order chi connectivity index (χ1) is 14.1. The van der Waals surface area contributed by atoms with E-state index in [0.29, 0.717) is 0 Å². The van der Waals surface area contributed by atoms with Gasteiger partial charge in [-0.2, -0.15) is 0 Å². The van der Waals surface area contributed by atoms with E-state index in [9.17, 15) is 4.79 Å². The molecule has 1 unspecified atom stereocenters. The number of aryl methyl sites for hydroxylation is 1. The molecule has 4 heteroatoms. The van der Waals surface area contributed by atoms with E-state index in [1.807, 2.05) is 12.1 Å². The molecule has 1 saturated heterocycles. The van der Waals surface area contributed by atoms with Crippen molar-refractivity contribution in [2.24, 2.45) is 0 Å². The van der Waals surface area contributed by atoms with Crippen LogP contribution in [0.1, 0.15) is 43.7 Å². The quantitative estimate of drug-likeness (QED) is 0.703. The van der Waals surface area contributed by atoms with Crippen molar-refractivity contribution < 1.29 is 4.79 Å². The van der Waals surface area contributed by atoms with E-state index in [-0.39, 0.29) is 11.3 Å². The number of unbranched alkanes of at least 4 members (excludes halogenated alkanes) is 1. The molecule has 1 fully saturated rings. The van der Waals surface area contributed by atoms with Crippen LogP contribution in [-0.2, 0) is 10.2 Å². The highest BCUT2D eigenvalue weighted by Crippen LogP contribution is 2.43. The van der Waals surface area contributed by atoms with Crippen molar-refractivity contribution >= 4 is 17.3 Å². The molecule has 2 aliphatic heterocycles. The van der Waals surface area contributed by atoms with Gasteiger partial charge in [0.15, 0.2) is 0 Å². The zero-order valence-corrected chi connectivity index (χ0v) is 17.8. The molecule has 1 amide bonds. The fourth-order valence-corrected chi connectivity index (χ4v) is 4.90. The maximum atomic E-state index is 12.7. The van der Waals surface area contributed by atoms with Gasteiger partial charge in [0.1, 0.15) is 0 Å². The average molecular weight is 391 g/mol. The molecule has 0 radical (unpaired) electrons. The molecule has 0 spiro atoms. The lowest BCUT2D eigenvalue weighted by molar-refractivity contribution is -0.121. The highest BCUT2D eigenvalue weighted by molar-refractivity contribution is 6.06. The number of anilines is 2. The molecule has 2 aliphatic rings. The minimum atomic E-state index is -0.333. The molecule has 2 aromatic rings. The van der Waals surface area contributed by atoms with E-state index in [1.165, 1.54) is 16.8 Å². The number of hydrogen-bond acceptors (Lipinski definition) is 3. The van der Waals surface area contributed by atoms with Crippen LogP contribution in [0, 0.1) is 6.92 Å². The number of para-hydroxylation sites is 1. The summed E-state index contributed by atoms with van der Waals surface area (Å²) in [6, 6.07) is 17.1. The molecule has 4 rings (SSSR count). The number of nitrogens with one attached hydrogen (secondary N) is 1. The van der Waals surface area contributed by atoms with Crippen LogP contribution in [0.15, 0.2) is 48.5 Å². The summed E-state index contributed by atoms with van der Waals surface area (Å²) in [5.41, 5.74) is 4.52. The van der Waals surface area contributed by atoms with Crippen LogP contribution in [0.3, 0.4) is 0 Å². The predicted octanol–water partition coefficient (Wildman–Crippen LogP) is 4.59. The summed E-state index contributed by atoms with van der Waals surface area (Å²) in [4.78, 5) is 17.8. The summed E-state index contributed by atoms with van der Waals surface area (Å²) in [7, 11) is 0. The summed E-state index contributed by atoms with van der Waals surface area (Å²) >= 11 is 0. The van der Waals surface area contributed by atoms with Crippen molar-refractivity contribution in [3.05, 3.63) is 59.7 Å². The molecule has 0 bridgehead atoms. The minimum absolute atomic E-state index is 0.188. The Labute approximate surface area is 174 Å². The SMILES string of the molecule is CCC1(CCCCN2CCN(c3ccc([11CH3])cc3)CC2)C(=O)Nc2ccccc21. The zero-order chi connectivity index (χ0) is 20.3. The lowest BCUT2D eigenvalue weighted by Gasteiger charge is -2.36. The molecule has 2 heterocycles. The molecular weight excluding hydrogens is 357 g/mol. The molecule has 29 heavy (non-hydrogen) atoms. The summed E-state index contributed by atoms with van der Waals surface area (Å²) in [5, 5.41) is 3.10. The van der Waals surface area contributed by atoms with Gasteiger partial charge in [-0.15, -0.1) is 0 Å². The van der Waals surface area contributed by atoms with Crippen LogP contribution in [0.25, 0.3) is 0 Å². The Balaban J connectivity index is 1.25. The van der Waals surface area contributed by atoms with Crippen molar-refractivity contribution in [1.82, 2.24) is 4.90 Å². The van der Waals surface area contributed by atoms with Crippen molar-refractivity contribution in [2.45, 2.75) is 44.9 Å². The van der Waals surface area contributed by atoms with Gasteiger partial charge in [0.05, 0.1) is 5.41 Å². The standard InChI is InChI=1S/C25H33N3O/c1-3-25(22-8-4-5-9-23(22)26-24(25)29)14-6-7-15-27-16-18-28(19-17-27)21-12-10-20(2)11-13-21/h4-5,8-13H,3,6-7,14-19H2,1-2H3,(H,26,29)/i2-1. The number of piperazine rings is 1. The summed E-state index contributed by atoms with van der Waals surface area (Å²) in [6.45, 7) is 9.84. The van der Waals surface area contributed by atoms with Gasteiger partial charge in [0.2, 0.25) is 5.91 Å². The van der Waals surface area contributed by atoms with Crippen LogP contribution in [-0.4, -0.2) is 43.5 Å². The Morgan fingerprint density at radius 2 is 1.69 bits per heavy atom. The Kier molecular flexibility index (Phi) is 5.91. The molecule has 1 atom stereocenters. The lowest BCUT2D eigenvalue weighted by atomic mass is 9.75. The molecule has 2 aromatic carbocycles. The third-order valence-corrected chi connectivity index (χ3v) is 6.83. The third-order valence-electron chi connectivity index (χ3n) is 6.83. The molecule has 0 saturated carbocycles. The first-order valence-electron chi connectivity index (χ1n) is 11.1. The second-order valence-electron chi connectivity index (χ2n) is 8.56. The summed E-state index contributed by atoms with van der Waals surface area (Å²) in [5.74, 6) is 0.188. The van der Waals surface area contributed by atoms with Crippen LogP contribution in [0.4, 0.5) is 11.4 Å². The van der Waals surface area contributed by atoms with Gasteiger partial charge < -0.3 is 10.2 Å². The fraction of sp³-hybridized carbons (Fsp3) is 0.480. The van der Waals surface area contributed by atoms with E-state index in [2.05, 4.69) is 65.4 Å². The molecular formula is C25H33N3O. The molecule has 0 aliphatic carbocycles. The molecule has 0 aromatic heterocycles. The number of fused-ring (bicyclic) bond motifs is 1. The van der Waals surface area contributed by atoms with Crippen LogP contribution in [0.5, 0.6) is 0 Å². The van der Waals surface area contributed by atoms with Crippen molar-refractivity contribution in [3.63, 3.8) is 0 Å². The topological polar surface area (TPSA) is 35.6 Å². The third kappa shape index (κ3) is 4.04. The van der Waals surface area contributed by atoms with Crippen molar-refractivity contribution in [2.75, 3.05) is 42.9 Å². The van der Waals surface area contributed by atoms with Crippen molar-refractivity contribution in [1.29, 1.82) is 0 Å². The van der Waals surface area contributed by atoms with Crippen LogP contribution in [0.2, 0.25) is 0 Å². The maximum absolute atomic E-state index is 12.7. The number of carbonyl (C=O) groups is 1. The highest BCUT2D eigenvalue weighted by atomic mass is 16.2. The number of rotatable bonds is 7. The second-order valence-corrected chi connectivity index (χ2v) is 8.56. The second kappa shape index (κ2) is 8.58. The van der Waals surface area contributed by atoms with E-state index in [0.717, 1.165) is 64.1 Å². The largest absolute Gasteiger partial charge is 0.369 e. The van der Waals surface area contributed by atoms with Gasteiger partial charge in [-0.05, 0) is 56.5 Å². The lowest BCUT2D eigenvalue weighted by Crippen LogP contribution is -2.46. The minimum Gasteiger partial charge on any atom is -0.369 e. The van der Waals surface area contributed by atoms with Crippen molar-refractivity contribution in [3.8, 4) is 0 Å². The maximum Gasteiger partial charge on any atom is 0.235 e. The number of hydrogen-bond donors (Lipinski definition) is 1. The Bertz CT molecular complexity index is 839. The zero-order valence-electron chi connectivity index (χ0n) is 17.8. The van der Waals surface area contributed by atoms with E-state index >= 15 is 0 Å². The normalized spacial score (nSPS) is 21.9. The van der Waals surface area contributed by atoms with Crippen LogP contribution >= 0.6 is 0 Å². The summed E-state index contributed by atoms with van der Waals surface area (Å²) < 4.78 is 0. The van der Waals surface area contributed by atoms with Gasteiger partial charge in [-0.1, -0.05) is 49.2 Å².